The Hall–Kier alpha value is -3.16. The van der Waals surface area contributed by atoms with Crippen LogP contribution in [0.2, 0.25) is 0 Å². The standard InChI is InChI=1S/C17H20N6O2/c1-11(12-3-4-14-13(9-12)10-15(24)23-14)22-17(25)21-8-7-20-16-18-5-2-6-19-16/h2-6,9,11H,7-8,10H2,1H3,(H,23,24)(H,18,19,20)(H2,21,22,25). The summed E-state index contributed by atoms with van der Waals surface area (Å²) in [4.78, 5) is 31.5. The second kappa shape index (κ2) is 7.61. The number of hydrogen-bond acceptors (Lipinski definition) is 5. The summed E-state index contributed by atoms with van der Waals surface area (Å²) < 4.78 is 0. The minimum Gasteiger partial charge on any atom is -0.352 e. The van der Waals surface area contributed by atoms with Crippen LogP contribution in [0, 0.1) is 0 Å². The molecule has 0 saturated heterocycles. The highest BCUT2D eigenvalue weighted by molar-refractivity contribution is 5.99. The number of benzene rings is 1. The summed E-state index contributed by atoms with van der Waals surface area (Å²) in [5.41, 5.74) is 2.77. The van der Waals surface area contributed by atoms with Gasteiger partial charge in [0.15, 0.2) is 0 Å². The molecule has 130 valence electrons. The summed E-state index contributed by atoms with van der Waals surface area (Å²) in [7, 11) is 0. The molecule has 1 aliphatic rings. The maximum atomic E-state index is 12.0. The Morgan fingerprint density at radius 3 is 2.88 bits per heavy atom. The number of aromatic nitrogens is 2. The highest BCUT2D eigenvalue weighted by Gasteiger charge is 2.19. The molecule has 0 bridgehead atoms. The molecule has 1 unspecified atom stereocenters. The fourth-order valence-electron chi connectivity index (χ4n) is 2.59. The van der Waals surface area contributed by atoms with Gasteiger partial charge in [0, 0.05) is 31.2 Å². The molecule has 8 heteroatoms. The summed E-state index contributed by atoms with van der Waals surface area (Å²) >= 11 is 0. The Morgan fingerprint density at radius 1 is 1.28 bits per heavy atom. The van der Waals surface area contributed by atoms with Crippen molar-refractivity contribution in [3.63, 3.8) is 0 Å². The van der Waals surface area contributed by atoms with Crippen LogP contribution in [0.4, 0.5) is 16.4 Å². The lowest BCUT2D eigenvalue weighted by atomic mass is 10.0. The highest BCUT2D eigenvalue weighted by atomic mass is 16.2. The number of nitrogens with one attached hydrogen (secondary N) is 4. The first kappa shape index (κ1) is 16.7. The maximum absolute atomic E-state index is 12.0. The third kappa shape index (κ3) is 4.43. The second-order valence-electron chi connectivity index (χ2n) is 5.76. The zero-order chi connectivity index (χ0) is 17.6. The van der Waals surface area contributed by atoms with Crippen LogP contribution in [-0.2, 0) is 11.2 Å². The summed E-state index contributed by atoms with van der Waals surface area (Å²) in [5.74, 6) is 0.528. The number of rotatable bonds is 6. The Balaban J connectivity index is 1.43. The number of anilines is 2. The first-order chi connectivity index (χ1) is 12.1. The van der Waals surface area contributed by atoms with E-state index in [2.05, 4.69) is 31.2 Å². The van der Waals surface area contributed by atoms with Crippen LogP contribution in [0.5, 0.6) is 0 Å². The lowest BCUT2D eigenvalue weighted by Gasteiger charge is -2.16. The third-order valence-corrected chi connectivity index (χ3v) is 3.86. The molecule has 8 nitrogen and oxygen atoms in total. The van der Waals surface area contributed by atoms with E-state index in [-0.39, 0.29) is 18.0 Å². The molecule has 0 saturated carbocycles. The molecule has 2 aromatic rings. The Kier molecular flexibility index (Phi) is 5.08. The molecule has 3 amide bonds. The van der Waals surface area contributed by atoms with E-state index in [1.807, 2.05) is 25.1 Å². The van der Waals surface area contributed by atoms with Gasteiger partial charge in [-0.15, -0.1) is 0 Å². The zero-order valence-electron chi connectivity index (χ0n) is 13.9. The molecule has 0 fully saturated rings. The van der Waals surface area contributed by atoms with Crippen molar-refractivity contribution in [1.82, 2.24) is 20.6 Å². The van der Waals surface area contributed by atoms with Gasteiger partial charge >= 0.3 is 6.03 Å². The van der Waals surface area contributed by atoms with Crippen molar-refractivity contribution in [3.05, 3.63) is 47.8 Å². The molecule has 25 heavy (non-hydrogen) atoms. The van der Waals surface area contributed by atoms with E-state index < -0.39 is 0 Å². The number of carbonyl (C=O) groups is 2. The van der Waals surface area contributed by atoms with Crippen molar-refractivity contribution < 1.29 is 9.59 Å². The van der Waals surface area contributed by atoms with Crippen LogP contribution >= 0.6 is 0 Å². The summed E-state index contributed by atoms with van der Waals surface area (Å²) in [6.07, 6.45) is 3.68. The summed E-state index contributed by atoms with van der Waals surface area (Å²) in [6, 6.07) is 7.05. The van der Waals surface area contributed by atoms with Crippen molar-refractivity contribution in [2.45, 2.75) is 19.4 Å². The third-order valence-electron chi connectivity index (χ3n) is 3.86. The van der Waals surface area contributed by atoms with E-state index in [4.69, 9.17) is 0 Å². The molecule has 0 spiro atoms. The smallest absolute Gasteiger partial charge is 0.315 e. The lowest BCUT2D eigenvalue weighted by molar-refractivity contribution is -0.115. The monoisotopic (exact) mass is 340 g/mol. The Labute approximate surface area is 145 Å². The van der Waals surface area contributed by atoms with E-state index >= 15 is 0 Å². The number of amides is 3. The van der Waals surface area contributed by atoms with Crippen LogP contribution in [-0.4, -0.2) is 35.0 Å². The molecule has 0 radical (unpaired) electrons. The van der Waals surface area contributed by atoms with Crippen LogP contribution in [0.15, 0.2) is 36.7 Å². The minimum atomic E-state index is -0.252. The van der Waals surface area contributed by atoms with Gasteiger partial charge < -0.3 is 21.3 Å². The van der Waals surface area contributed by atoms with Crippen molar-refractivity contribution in [3.8, 4) is 0 Å². The number of hydrogen-bond donors (Lipinski definition) is 4. The van der Waals surface area contributed by atoms with E-state index in [1.165, 1.54) is 0 Å². The molecule has 1 aromatic heterocycles. The fraction of sp³-hybridized carbons (Fsp3) is 0.294. The quantitative estimate of drug-likeness (QED) is 0.595. The Bertz CT molecular complexity index is 765. The number of fused-ring (bicyclic) bond motifs is 1. The number of urea groups is 1. The average molecular weight is 340 g/mol. The van der Waals surface area contributed by atoms with Gasteiger partial charge in [-0.3, -0.25) is 4.79 Å². The van der Waals surface area contributed by atoms with Crippen molar-refractivity contribution in [2.24, 2.45) is 0 Å². The first-order valence-electron chi connectivity index (χ1n) is 8.10. The maximum Gasteiger partial charge on any atom is 0.315 e. The van der Waals surface area contributed by atoms with Gasteiger partial charge in [0.05, 0.1) is 12.5 Å². The summed E-state index contributed by atoms with van der Waals surface area (Å²) in [6.45, 7) is 2.87. The molecule has 0 aliphatic carbocycles. The van der Waals surface area contributed by atoms with E-state index in [9.17, 15) is 9.59 Å². The Morgan fingerprint density at radius 2 is 2.08 bits per heavy atom. The van der Waals surface area contributed by atoms with Crippen LogP contribution in [0.25, 0.3) is 0 Å². The van der Waals surface area contributed by atoms with Crippen LogP contribution in [0.3, 0.4) is 0 Å². The van der Waals surface area contributed by atoms with Gasteiger partial charge in [-0.2, -0.15) is 0 Å². The topological polar surface area (TPSA) is 108 Å². The van der Waals surface area contributed by atoms with Gasteiger partial charge in [-0.1, -0.05) is 12.1 Å². The van der Waals surface area contributed by atoms with Crippen LogP contribution in [0.1, 0.15) is 24.1 Å². The average Bonchev–Trinajstić information content (AvgIpc) is 2.98. The molecule has 2 heterocycles. The van der Waals surface area contributed by atoms with E-state index in [0.29, 0.717) is 25.5 Å². The zero-order valence-corrected chi connectivity index (χ0v) is 13.9. The van der Waals surface area contributed by atoms with Gasteiger partial charge in [-0.05, 0) is 30.2 Å². The first-order valence-corrected chi connectivity index (χ1v) is 8.10. The molecule has 1 atom stereocenters. The fourth-order valence-corrected chi connectivity index (χ4v) is 2.59. The van der Waals surface area contributed by atoms with Gasteiger partial charge in [0.1, 0.15) is 0 Å². The minimum absolute atomic E-state index is 0.000371. The van der Waals surface area contributed by atoms with Gasteiger partial charge in [0.25, 0.3) is 0 Å². The van der Waals surface area contributed by atoms with Crippen molar-refractivity contribution in [1.29, 1.82) is 0 Å². The largest absolute Gasteiger partial charge is 0.352 e. The molecular formula is C17H20N6O2. The van der Waals surface area contributed by atoms with E-state index in [0.717, 1.165) is 16.8 Å². The normalized spacial score (nSPS) is 13.6. The highest BCUT2D eigenvalue weighted by Crippen LogP contribution is 2.26. The number of carbonyl (C=O) groups excluding carboxylic acids is 2. The molecule has 1 aromatic carbocycles. The predicted octanol–water partition coefficient (Wildman–Crippen LogP) is 1.44. The molecule has 4 N–H and O–H groups in total. The number of nitrogens with zero attached hydrogens (tertiary/aromatic N) is 2. The summed E-state index contributed by atoms with van der Waals surface area (Å²) in [5, 5.41) is 11.5. The van der Waals surface area contributed by atoms with Crippen molar-refractivity contribution >= 4 is 23.6 Å². The SMILES string of the molecule is CC(NC(=O)NCCNc1ncccn1)c1ccc2c(c1)CC(=O)N2. The second-order valence-corrected chi connectivity index (χ2v) is 5.76. The molecular weight excluding hydrogens is 320 g/mol. The lowest BCUT2D eigenvalue weighted by Crippen LogP contribution is -2.39. The molecule has 1 aliphatic heterocycles. The van der Waals surface area contributed by atoms with Gasteiger partial charge in [0.2, 0.25) is 11.9 Å². The predicted molar refractivity (Wildman–Crippen MR) is 94.2 cm³/mol. The van der Waals surface area contributed by atoms with Crippen molar-refractivity contribution in [2.75, 3.05) is 23.7 Å². The van der Waals surface area contributed by atoms with E-state index in [1.54, 1.807) is 18.5 Å². The molecule has 3 rings (SSSR count). The van der Waals surface area contributed by atoms with Crippen LogP contribution < -0.4 is 21.3 Å². The van der Waals surface area contributed by atoms with Gasteiger partial charge in [-0.25, -0.2) is 14.8 Å².